The van der Waals surface area contributed by atoms with Crippen LogP contribution in [-0.2, 0) is 15.7 Å². The number of cyclic esters (lactones) is 1. The number of hydrogen-bond acceptors (Lipinski definition) is 4. The molecule has 0 spiro atoms. The Bertz CT molecular complexity index is 780. The highest BCUT2D eigenvalue weighted by Crippen LogP contribution is 2.40. The molecule has 0 saturated carbocycles. The van der Waals surface area contributed by atoms with Crippen LogP contribution in [0.1, 0.15) is 37.5 Å². The van der Waals surface area contributed by atoms with Crippen molar-refractivity contribution in [2.45, 2.75) is 44.5 Å². The van der Waals surface area contributed by atoms with E-state index in [0.29, 0.717) is 0 Å². The van der Waals surface area contributed by atoms with Crippen LogP contribution in [0.25, 0.3) is 0 Å². The minimum absolute atomic E-state index is 0.000332. The van der Waals surface area contributed by atoms with Crippen molar-refractivity contribution in [2.75, 3.05) is 18.0 Å². The van der Waals surface area contributed by atoms with E-state index in [0.717, 1.165) is 24.0 Å². The molecule has 0 aromatic heterocycles. The lowest BCUT2D eigenvalue weighted by Gasteiger charge is -2.23. The van der Waals surface area contributed by atoms with Crippen LogP contribution >= 0.6 is 0 Å². The van der Waals surface area contributed by atoms with Crippen LogP contribution in [-0.4, -0.2) is 42.0 Å². The lowest BCUT2D eigenvalue weighted by Crippen LogP contribution is -2.36. The number of benzene rings is 1. The van der Waals surface area contributed by atoms with Gasteiger partial charge in [-0.3, -0.25) is 4.79 Å². The van der Waals surface area contributed by atoms with Crippen LogP contribution in [0.4, 0.5) is 32.4 Å². The van der Waals surface area contributed by atoms with Gasteiger partial charge in [-0.1, -0.05) is 0 Å². The van der Waals surface area contributed by atoms with Crippen LogP contribution in [0.3, 0.4) is 0 Å². The van der Waals surface area contributed by atoms with E-state index in [1.165, 1.54) is 17.9 Å². The van der Waals surface area contributed by atoms with Gasteiger partial charge in [-0.2, -0.15) is 13.2 Å². The summed E-state index contributed by atoms with van der Waals surface area (Å²) in [5.41, 5.74) is -1.06. The van der Waals surface area contributed by atoms with Gasteiger partial charge in [0.15, 0.2) is 0 Å². The Morgan fingerprint density at radius 2 is 1.93 bits per heavy atom. The lowest BCUT2D eigenvalue weighted by molar-refractivity contribution is -0.137. The quantitative estimate of drug-likeness (QED) is 0.715. The van der Waals surface area contributed by atoms with Crippen molar-refractivity contribution in [2.24, 2.45) is 0 Å². The molecular weight excluding hydrogens is 375 g/mol. The van der Waals surface area contributed by atoms with Gasteiger partial charge in [-0.15, -0.1) is 0 Å². The largest absolute Gasteiger partial charge is 0.439 e. The fourth-order valence-electron chi connectivity index (χ4n) is 3.43. The minimum Gasteiger partial charge on any atom is -0.439 e. The van der Waals surface area contributed by atoms with E-state index in [2.05, 4.69) is 0 Å². The standard InChI is InChI=1S/C17H17F5N2O3/c1-9-14(27-15(26)24(9)10(2)25)11-5-12(17(20,21)22)7-13(6-11)23-4-3-16(18,19)8-23/h5-7,9,14H,3-4,8H2,1-2H3. The van der Waals surface area contributed by atoms with Gasteiger partial charge in [0.05, 0.1) is 18.2 Å². The molecule has 27 heavy (non-hydrogen) atoms. The SMILES string of the molecule is CC(=O)N1C(=O)OC(c2cc(N3CCC(F)(F)C3)cc(C(F)(F)F)c2)C1C. The maximum atomic E-state index is 13.5. The second kappa shape index (κ2) is 6.35. The molecule has 2 fully saturated rings. The number of carbonyl (C=O) groups is 2. The molecule has 2 heterocycles. The highest BCUT2D eigenvalue weighted by Gasteiger charge is 2.44. The van der Waals surface area contributed by atoms with Crippen LogP contribution in [0.5, 0.6) is 0 Å². The molecule has 2 unspecified atom stereocenters. The number of imide groups is 1. The van der Waals surface area contributed by atoms with Crippen molar-refractivity contribution in [3.63, 3.8) is 0 Å². The molecule has 5 nitrogen and oxygen atoms in total. The molecule has 1 aromatic carbocycles. The summed E-state index contributed by atoms with van der Waals surface area (Å²) in [6.07, 6.45) is -7.23. The predicted octanol–water partition coefficient (Wildman–Crippen LogP) is 3.98. The highest BCUT2D eigenvalue weighted by atomic mass is 19.4. The minimum atomic E-state index is -4.71. The molecule has 2 amide bonds. The van der Waals surface area contributed by atoms with Crippen LogP contribution in [0, 0.1) is 0 Å². The number of halogens is 5. The average molecular weight is 392 g/mol. The summed E-state index contributed by atoms with van der Waals surface area (Å²) in [5, 5.41) is 0. The number of nitrogens with zero attached hydrogens (tertiary/aromatic N) is 2. The van der Waals surface area contributed by atoms with E-state index in [1.807, 2.05) is 0 Å². The summed E-state index contributed by atoms with van der Waals surface area (Å²) >= 11 is 0. The molecule has 3 rings (SSSR count). The molecule has 10 heteroatoms. The van der Waals surface area contributed by atoms with Gasteiger partial charge in [-0.05, 0) is 30.7 Å². The van der Waals surface area contributed by atoms with Gasteiger partial charge in [-0.25, -0.2) is 18.5 Å². The first-order valence-corrected chi connectivity index (χ1v) is 8.24. The van der Waals surface area contributed by atoms with Gasteiger partial charge in [0.2, 0.25) is 5.91 Å². The smallest absolute Gasteiger partial charge is 0.417 e. The molecule has 1 aromatic rings. The zero-order chi connectivity index (χ0) is 20.1. The first kappa shape index (κ1) is 19.4. The van der Waals surface area contributed by atoms with Gasteiger partial charge < -0.3 is 9.64 Å². The second-order valence-corrected chi connectivity index (χ2v) is 6.77. The van der Waals surface area contributed by atoms with E-state index < -0.39 is 54.8 Å². The third-order valence-electron chi connectivity index (χ3n) is 4.74. The van der Waals surface area contributed by atoms with E-state index in [9.17, 15) is 31.5 Å². The van der Waals surface area contributed by atoms with Crippen molar-refractivity contribution in [3.8, 4) is 0 Å². The number of hydrogen-bond donors (Lipinski definition) is 0. The first-order valence-electron chi connectivity index (χ1n) is 8.24. The van der Waals surface area contributed by atoms with E-state index in [4.69, 9.17) is 4.74 Å². The Morgan fingerprint density at radius 1 is 1.26 bits per heavy atom. The average Bonchev–Trinajstić information content (AvgIpc) is 3.05. The van der Waals surface area contributed by atoms with E-state index in [-0.39, 0.29) is 17.8 Å². The van der Waals surface area contributed by atoms with Crippen LogP contribution < -0.4 is 4.90 Å². The Kier molecular flexibility index (Phi) is 4.55. The van der Waals surface area contributed by atoms with Crippen molar-refractivity contribution < 1.29 is 36.3 Å². The van der Waals surface area contributed by atoms with E-state index >= 15 is 0 Å². The van der Waals surface area contributed by atoms with Gasteiger partial charge in [0, 0.05) is 25.6 Å². The van der Waals surface area contributed by atoms with Crippen molar-refractivity contribution >= 4 is 17.7 Å². The zero-order valence-corrected chi connectivity index (χ0v) is 14.5. The Balaban J connectivity index is 2.02. The number of rotatable bonds is 2. The molecule has 2 aliphatic rings. The molecule has 0 aliphatic carbocycles. The van der Waals surface area contributed by atoms with Crippen LogP contribution in [0.15, 0.2) is 18.2 Å². The topological polar surface area (TPSA) is 49.9 Å². The summed E-state index contributed by atoms with van der Waals surface area (Å²) in [4.78, 5) is 25.4. The van der Waals surface area contributed by atoms with Gasteiger partial charge in [0.1, 0.15) is 6.10 Å². The Morgan fingerprint density at radius 3 is 2.41 bits per heavy atom. The number of amides is 2. The van der Waals surface area contributed by atoms with Gasteiger partial charge in [0.25, 0.3) is 5.92 Å². The fraction of sp³-hybridized carbons (Fsp3) is 0.529. The number of ether oxygens (including phenoxy) is 1. The highest BCUT2D eigenvalue weighted by molar-refractivity contribution is 5.92. The molecule has 0 N–H and O–H groups in total. The molecular formula is C17H17F5N2O3. The number of alkyl halides is 5. The normalized spacial score (nSPS) is 25.1. The third-order valence-corrected chi connectivity index (χ3v) is 4.74. The van der Waals surface area contributed by atoms with E-state index in [1.54, 1.807) is 0 Å². The second-order valence-electron chi connectivity index (χ2n) is 6.77. The molecule has 2 atom stereocenters. The molecule has 2 saturated heterocycles. The molecule has 148 valence electrons. The maximum Gasteiger partial charge on any atom is 0.417 e. The summed E-state index contributed by atoms with van der Waals surface area (Å²) in [5.74, 6) is -3.58. The van der Waals surface area contributed by atoms with Crippen molar-refractivity contribution in [1.82, 2.24) is 4.90 Å². The predicted molar refractivity (Wildman–Crippen MR) is 84.4 cm³/mol. The maximum absolute atomic E-state index is 13.5. The monoisotopic (exact) mass is 392 g/mol. The number of carbonyl (C=O) groups excluding carboxylic acids is 2. The Labute approximate surface area is 151 Å². The third kappa shape index (κ3) is 3.70. The summed E-state index contributed by atoms with van der Waals surface area (Å²) in [6, 6.07) is 2.09. The van der Waals surface area contributed by atoms with Crippen molar-refractivity contribution in [3.05, 3.63) is 29.3 Å². The summed E-state index contributed by atoms with van der Waals surface area (Å²) in [7, 11) is 0. The van der Waals surface area contributed by atoms with Gasteiger partial charge >= 0.3 is 12.3 Å². The molecule has 2 aliphatic heterocycles. The summed E-state index contributed by atoms with van der Waals surface area (Å²) in [6.45, 7) is 1.84. The van der Waals surface area contributed by atoms with Crippen molar-refractivity contribution in [1.29, 1.82) is 0 Å². The fourth-order valence-corrected chi connectivity index (χ4v) is 3.43. The first-order chi connectivity index (χ1) is 12.4. The molecule has 0 bridgehead atoms. The van der Waals surface area contributed by atoms with Crippen LogP contribution in [0.2, 0.25) is 0 Å². The lowest BCUT2D eigenvalue weighted by atomic mass is 9.99. The Hall–Kier alpha value is -2.39. The molecule has 0 radical (unpaired) electrons. The summed E-state index contributed by atoms with van der Waals surface area (Å²) < 4.78 is 72.0. The number of anilines is 1. The zero-order valence-electron chi connectivity index (χ0n) is 14.5.